The molecular weight excluding hydrogens is 332 g/mol. The first-order chi connectivity index (χ1) is 12.4. The van der Waals surface area contributed by atoms with Crippen LogP contribution < -0.4 is 4.74 Å². The summed E-state index contributed by atoms with van der Waals surface area (Å²) in [6, 6.07) is 18.2. The number of hydrogen-bond acceptors (Lipinski definition) is 5. The van der Waals surface area contributed by atoms with Gasteiger partial charge in [0, 0.05) is 17.1 Å². The van der Waals surface area contributed by atoms with Gasteiger partial charge in [-0.05, 0) is 11.6 Å². The van der Waals surface area contributed by atoms with Crippen LogP contribution in [0.2, 0.25) is 0 Å². The number of hydrogen-bond donors (Lipinski definition) is 0. The van der Waals surface area contributed by atoms with Crippen LogP contribution in [-0.4, -0.2) is 19.7 Å². The maximum atomic E-state index is 6.00. The molecule has 0 saturated heterocycles. The lowest BCUT2D eigenvalue weighted by atomic mass is 10.2. The van der Waals surface area contributed by atoms with Crippen molar-refractivity contribution in [1.29, 1.82) is 0 Å². The Balaban J connectivity index is 1.49. The number of benzene rings is 2. The average Bonchev–Trinajstić information content (AvgIpc) is 3.33. The van der Waals surface area contributed by atoms with Gasteiger partial charge in [0.25, 0.3) is 0 Å². The van der Waals surface area contributed by atoms with Crippen molar-refractivity contribution in [3.05, 3.63) is 83.6 Å². The molecule has 0 aliphatic rings. The molecule has 0 bridgehead atoms. The van der Waals surface area contributed by atoms with E-state index >= 15 is 0 Å². The molecule has 25 heavy (non-hydrogen) atoms. The molecule has 2 aromatic carbocycles. The van der Waals surface area contributed by atoms with Gasteiger partial charge in [-0.25, -0.2) is 14.6 Å². The molecule has 0 amide bonds. The predicted octanol–water partition coefficient (Wildman–Crippen LogP) is 4.03. The van der Waals surface area contributed by atoms with E-state index in [1.54, 1.807) is 17.2 Å². The molecule has 5 nitrogen and oxygen atoms in total. The van der Waals surface area contributed by atoms with Crippen molar-refractivity contribution < 1.29 is 4.74 Å². The van der Waals surface area contributed by atoms with Crippen molar-refractivity contribution >= 4 is 11.3 Å². The Labute approximate surface area is 149 Å². The van der Waals surface area contributed by atoms with E-state index < -0.39 is 0 Å². The summed E-state index contributed by atoms with van der Waals surface area (Å²) < 4.78 is 7.81. The number of nitrogens with zero attached hydrogens (tertiary/aromatic N) is 4. The Morgan fingerprint density at radius 3 is 2.64 bits per heavy atom. The van der Waals surface area contributed by atoms with Gasteiger partial charge < -0.3 is 4.74 Å². The Morgan fingerprint density at radius 2 is 1.80 bits per heavy atom. The molecule has 0 saturated carbocycles. The Kier molecular flexibility index (Phi) is 4.52. The molecule has 4 aromatic rings. The predicted molar refractivity (Wildman–Crippen MR) is 97.4 cm³/mol. The highest BCUT2D eigenvalue weighted by molar-refractivity contribution is 7.12. The number of thiazole rings is 1. The Morgan fingerprint density at radius 1 is 0.960 bits per heavy atom. The first kappa shape index (κ1) is 15.5. The van der Waals surface area contributed by atoms with Crippen molar-refractivity contribution in [2.75, 3.05) is 0 Å². The maximum Gasteiger partial charge on any atom is 0.210 e. The maximum absolute atomic E-state index is 6.00. The smallest absolute Gasteiger partial charge is 0.210 e. The fourth-order valence-corrected chi connectivity index (χ4v) is 3.06. The number of rotatable bonds is 6. The SMILES string of the molecule is c1ccc(COc2ccccc2Cn2cnc(-c3nccs3)n2)cc1. The van der Waals surface area contributed by atoms with E-state index in [1.165, 1.54) is 11.3 Å². The fourth-order valence-electron chi connectivity index (χ4n) is 2.49. The summed E-state index contributed by atoms with van der Waals surface area (Å²) in [5.74, 6) is 1.51. The highest BCUT2D eigenvalue weighted by Crippen LogP contribution is 2.21. The monoisotopic (exact) mass is 348 g/mol. The molecule has 0 N–H and O–H groups in total. The van der Waals surface area contributed by atoms with Crippen LogP contribution in [0.5, 0.6) is 5.75 Å². The largest absolute Gasteiger partial charge is 0.489 e. The summed E-state index contributed by atoms with van der Waals surface area (Å²) >= 11 is 1.53. The zero-order valence-corrected chi connectivity index (χ0v) is 14.3. The third kappa shape index (κ3) is 3.75. The van der Waals surface area contributed by atoms with Gasteiger partial charge in [-0.15, -0.1) is 16.4 Å². The van der Waals surface area contributed by atoms with Crippen LogP contribution in [0.1, 0.15) is 11.1 Å². The molecule has 0 aliphatic heterocycles. The zero-order chi connectivity index (χ0) is 16.9. The molecule has 0 aliphatic carbocycles. The molecule has 6 heteroatoms. The van der Waals surface area contributed by atoms with E-state index in [9.17, 15) is 0 Å². The van der Waals surface area contributed by atoms with E-state index in [0.29, 0.717) is 19.0 Å². The highest BCUT2D eigenvalue weighted by atomic mass is 32.1. The molecule has 2 heterocycles. The lowest BCUT2D eigenvalue weighted by molar-refractivity contribution is 0.302. The molecule has 4 rings (SSSR count). The summed E-state index contributed by atoms with van der Waals surface area (Å²) in [6.07, 6.45) is 3.48. The lowest BCUT2D eigenvalue weighted by Crippen LogP contribution is -2.04. The van der Waals surface area contributed by atoms with Gasteiger partial charge in [-0.2, -0.15) is 0 Å². The van der Waals surface area contributed by atoms with Crippen LogP contribution in [0.15, 0.2) is 72.5 Å². The molecule has 124 valence electrons. The second-order valence-corrected chi connectivity index (χ2v) is 6.38. The normalized spacial score (nSPS) is 10.7. The molecule has 0 atom stereocenters. The summed E-state index contributed by atoms with van der Waals surface area (Å²) in [6.45, 7) is 1.14. The van der Waals surface area contributed by atoms with E-state index in [4.69, 9.17) is 4.74 Å². The van der Waals surface area contributed by atoms with Crippen molar-refractivity contribution in [3.63, 3.8) is 0 Å². The first-order valence-corrected chi connectivity index (χ1v) is 8.80. The van der Waals surface area contributed by atoms with Crippen LogP contribution in [0.4, 0.5) is 0 Å². The lowest BCUT2D eigenvalue weighted by Gasteiger charge is -2.11. The van der Waals surface area contributed by atoms with Gasteiger partial charge >= 0.3 is 0 Å². The van der Waals surface area contributed by atoms with Crippen LogP contribution >= 0.6 is 11.3 Å². The minimum atomic E-state index is 0.541. The second kappa shape index (κ2) is 7.27. The van der Waals surface area contributed by atoms with Gasteiger partial charge in [0.2, 0.25) is 5.82 Å². The molecule has 0 spiro atoms. The van der Waals surface area contributed by atoms with E-state index in [2.05, 4.69) is 27.2 Å². The highest BCUT2D eigenvalue weighted by Gasteiger charge is 2.09. The summed E-state index contributed by atoms with van der Waals surface area (Å²) in [7, 11) is 0. The number of ether oxygens (including phenoxy) is 1. The number of aromatic nitrogens is 4. The molecule has 2 aromatic heterocycles. The first-order valence-electron chi connectivity index (χ1n) is 7.92. The van der Waals surface area contributed by atoms with Gasteiger partial charge in [0.05, 0.1) is 6.54 Å². The van der Waals surface area contributed by atoms with Gasteiger partial charge in [-0.1, -0.05) is 48.5 Å². The van der Waals surface area contributed by atoms with Gasteiger partial charge in [0.15, 0.2) is 5.01 Å². The molecular formula is C19H16N4OS. The number of para-hydroxylation sites is 1. The second-order valence-electron chi connectivity index (χ2n) is 5.49. The van der Waals surface area contributed by atoms with Crippen molar-refractivity contribution in [1.82, 2.24) is 19.7 Å². The molecule has 0 radical (unpaired) electrons. The fraction of sp³-hybridized carbons (Fsp3) is 0.105. The summed E-state index contributed by atoms with van der Waals surface area (Å²) in [5, 5.41) is 7.25. The van der Waals surface area contributed by atoms with Crippen molar-refractivity contribution in [2.45, 2.75) is 13.2 Å². The van der Waals surface area contributed by atoms with Crippen LogP contribution in [0.25, 0.3) is 10.8 Å². The quantitative estimate of drug-likeness (QED) is 0.528. The topological polar surface area (TPSA) is 52.8 Å². The van der Waals surface area contributed by atoms with E-state index in [1.807, 2.05) is 47.8 Å². The van der Waals surface area contributed by atoms with Crippen LogP contribution in [0, 0.1) is 0 Å². The Hall–Kier alpha value is -2.99. The van der Waals surface area contributed by atoms with Crippen LogP contribution in [0.3, 0.4) is 0 Å². The molecule has 0 unspecified atom stereocenters. The van der Waals surface area contributed by atoms with E-state index in [-0.39, 0.29) is 0 Å². The van der Waals surface area contributed by atoms with Crippen LogP contribution in [-0.2, 0) is 13.2 Å². The minimum Gasteiger partial charge on any atom is -0.489 e. The van der Waals surface area contributed by atoms with Gasteiger partial charge in [-0.3, -0.25) is 0 Å². The minimum absolute atomic E-state index is 0.541. The Bertz CT molecular complexity index is 935. The van der Waals surface area contributed by atoms with E-state index in [0.717, 1.165) is 21.9 Å². The van der Waals surface area contributed by atoms with Crippen molar-refractivity contribution in [2.24, 2.45) is 0 Å². The summed E-state index contributed by atoms with van der Waals surface area (Å²) in [5.41, 5.74) is 2.21. The third-order valence-corrected chi connectivity index (χ3v) is 4.47. The van der Waals surface area contributed by atoms with Crippen molar-refractivity contribution in [3.8, 4) is 16.6 Å². The molecule has 0 fully saturated rings. The standard InChI is InChI=1S/C19H16N4OS/c1-2-6-15(7-3-1)13-24-17-9-5-4-8-16(17)12-23-14-21-18(22-23)19-20-10-11-25-19/h1-11,14H,12-13H2. The zero-order valence-electron chi connectivity index (χ0n) is 13.4. The average molecular weight is 348 g/mol. The summed E-state index contributed by atoms with van der Waals surface area (Å²) in [4.78, 5) is 8.58. The van der Waals surface area contributed by atoms with Gasteiger partial charge in [0.1, 0.15) is 18.7 Å². The third-order valence-electron chi connectivity index (χ3n) is 3.70.